The van der Waals surface area contributed by atoms with Gasteiger partial charge in [-0.15, -0.1) is 0 Å². The van der Waals surface area contributed by atoms with Crippen LogP contribution in [-0.4, -0.2) is 41.9 Å². The first kappa shape index (κ1) is 13.0. The van der Waals surface area contributed by atoms with E-state index in [1.54, 1.807) is 4.90 Å². The third-order valence-electron chi connectivity index (χ3n) is 2.91. The molecule has 16 heavy (non-hydrogen) atoms. The molecule has 0 aromatic rings. The summed E-state index contributed by atoms with van der Waals surface area (Å²) in [7, 11) is 0. The number of nitrogens with one attached hydrogen (secondary N) is 1. The molecule has 1 saturated heterocycles. The van der Waals surface area contributed by atoms with Gasteiger partial charge in [0, 0.05) is 38.5 Å². The number of carbonyl (C=O) groups is 2. The van der Waals surface area contributed by atoms with Gasteiger partial charge in [0.25, 0.3) is 0 Å². The summed E-state index contributed by atoms with van der Waals surface area (Å²) in [5.41, 5.74) is 5.74. The van der Waals surface area contributed by atoms with E-state index in [1.165, 1.54) is 6.92 Å². The van der Waals surface area contributed by atoms with Gasteiger partial charge in [-0.05, 0) is 12.8 Å². The molecule has 0 saturated carbocycles. The van der Waals surface area contributed by atoms with Crippen LogP contribution in [0.4, 0.5) is 0 Å². The Morgan fingerprint density at radius 2 is 2.25 bits per heavy atom. The summed E-state index contributed by atoms with van der Waals surface area (Å²) in [6, 6.07) is 0.0617. The minimum absolute atomic E-state index is 0.0374. The van der Waals surface area contributed by atoms with Crippen molar-refractivity contribution in [2.75, 3.05) is 13.1 Å². The molecular formula is C11H21N3O2. The van der Waals surface area contributed by atoms with Gasteiger partial charge in [0.15, 0.2) is 0 Å². The zero-order chi connectivity index (χ0) is 12.1. The van der Waals surface area contributed by atoms with E-state index < -0.39 is 0 Å². The highest BCUT2D eigenvalue weighted by molar-refractivity contribution is 5.77. The van der Waals surface area contributed by atoms with E-state index in [1.807, 2.05) is 6.92 Å². The number of hydrogen-bond acceptors (Lipinski definition) is 3. The van der Waals surface area contributed by atoms with Crippen molar-refractivity contribution in [2.24, 2.45) is 5.73 Å². The van der Waals surface area contributed by atoms with Crippen LogP contribution < -0.4 is 11.1 Å². The number of hydrogen-bond donors (Lipinski definition) is 2. The summed E-state index contributed by atoms with van der Waals surface area (Å²) < 4.78 is 0. The van der Waals surface area contributed by atoms with Crippen molar-refractivity contribution in [1.82, 2.24) is 10.2 Å². The number of nitrogens with zero attached hydrogens (tertiary/aromatic N) is 1. The Labute approximate surface area is 96.4 Å². The molecule has 1 rings (SSSR count). The van der Waals surface area contributed by atoms with E-state index in [9.17, 15) is 9.59 Å². The van der Waals surface area contributed by atoms with Crippen LogP contribution in [0.25, 0.3) is 0 Å². The van der Waals surface area contributed by atoms with Crippen molar-refractivity contribution in [3.63, 3.8) is 0 Å². The lowest BCUT2D eigenvalue weighted by molar-refractivity contribution is -0.130. The van der Waals surface area contributed by atoms with Crippen LogP contribution in [0, 0.1) is 0 Å². The molecule has 5 heteroatoms. The molecule has 0 aromatic heterocycles. The Morgan fingerprint density at radius 1 is 1.56 bits per heavy atom. The molecule has 1 heterocycles. The van der Waals surface area contributed by atoms with Gasteiger partial charge < -0.3 is 16.0 Å². The summed E-state index contributed by atoms with van der Waals surface area (Å²) in [4.78, 5) is 24.4. The van der Waals surface area contributed by atoms with E-state index >= 15 is 0 Å². The van der Waals surface area contributed by atoms with Crippen LogP contribution in [-0.2, 0) is 9.59 Å². The molecule has 3 N–H and O–H groups in total. The highest BCUT2D eigenvalue weighted by Gasteiger charge is 2.26. The molecule has 2 atom stereocenters. The highest BCUT2D eigenvalue weighted by atomic mass is 16.2. The minimum Gasteiger partial charge on any atom is -0.352 e. The Hall–Kier alpha value is -1.10. The summed E-state index contributed by atoms with van der Waals surface area (Å²) in [5.74, 6) is 0.0618. The van der Waals surface area contributed by atoms with Gasteiger partial charge in [0.05, 0.1) is 0 Å². The van der Waals surface area contributed by atoms with Crippen molar-refractivity contribution in [1.29, 1.82) is 0 Å². The Balaban J connectivity index is 2.34. The highest BCUT2D eigenvalue weighted by Crippen LogP contribution is 2.11. The largest absolute Gasteiger partial charge is 0.352 e. The smallest absolute Gasteiger partial charge is 0.224 e. The maximum atomic E-state index is 11.8. The average molecular weight is 227 g/mol. The van der Waals surface area contributed by atoms with Gasteiger partial charge in [0.1, 0.15) is 0 Å². The summed E-state index contributed by atoms with van der Waals surface area (Å²) in [6.07, 6.45) is 2.06. The van der Waals surface area contributed by atoms with Gasteiger partial charge in [0.2, 0.25) is 11.8 Å². The Kier molecular flexibility index (Phi) is 4.73. The topological polar surface area (TPSA) is 75.4 Å². The van der Waals surface area contributed by atoms with Crippen LogP contribution in [0.3, 0.4) is 0 Å². The van der Waals surface area contributed by atoms with Gasteiger partial charge in [-0.1, -0.05) is 6.92 Å². The lowest BCUT2D eigenvalue weighted by atomic mass is 10.1. The molecule has 92 valence electrons. The van der Waals surface area contributed by atoms with Crippen LogP contribution in [0.15, 0.2) is 0 Å². The number of rotatable bonds is 4. The molecule has 1 fully saturated rings. The number of likely N-dealkylation sites (tertiary alicyclic amines) is 1. The predicted octanol–water partition coefficient (Wildman–Crippen LogP) is -0.149. The second kappa shape index (κ2) is 5.84. The molecule has 0 spiro atoms. The van der Waals surface area contributed by atoms with Crippen molar-refractivity contribution in [3.8, 4) is 0 Å². The Morgan fingerprint density at radius 3 is 2.81 bits per heavy atom. The van der Waals surface area contributed by atoms with Crippen LogP contribution in [0.5, 0.6) is 0 Å². The quantitative estimate of drug-likeness (QED) is 0.701. The van der Waals surface area contributed by atoms with E-state index in [0.717, 1.165) is 19.4 Å². The van der Waals surface area contributed by atoms with Gasteiger partial charge in [-0.2, -0.15) is 0 Å². The maximum absolute atomic E-state index is 11.8. The predicted molar refractivity (Wildman–Crippen MR) is 61.7 cm³/mol. The van der Waals surface area contributed by atoms with Gasteiger partial charge in [-0.3, -0.25) is 9.59 Å². The normalized spacial score (nSPS) is 21.9. The fourth-order valence-corrected chi connectivity index (χ4v) is 1.89. The molecule has 2 unspecified atom stereocenters. The van der Waals surface area contributed by atoms with Crippen LogP contribution >= 0.6 is 0 Å². The third kappa shape index (κ3) is 3.81. The molecule has 0 aromatic carbocycles. The molecular weight excluding hydrogens is 206 g/mol. The van der Waals surface area contributed by atoms with E-state index in [-0.39, 0.29) is 23.9 Å². The zero-order valence-corrected chi connectivity index (χ0v) is 10.0. The first-order valence-electron chi connectivity index (χ1n) is 5.83. The first-order valence-corrected chi connectivity index (χ1v) is 5.83. The monoisotopic (exact) mass is 227 g/mol. The number of carbonyl (C=O) groups excluding carboxylic acids is 2. The van der Waals surface area contributed by atoms with Crippen molar-refractivity contribution in [3.05, 3.63) is 0 Å². The third-order valence-corrected chi connectivity index (χ3v) is 2.91. The maximum Gasteiger partial charge on any atom is 0.224 e. The molecule has 0 aliphatic carbocycles. The number of nitrogens with two attached hydrogens (primary N) is 1. The molecule has 0 radical (unpaired) electrons. The molecule has 2 amide bonds. The van der Waals surface area contributed by atoms with E-state index in [4.69, 9.17) is 5.73 Å². The second-order valence-corrected chi connectivity index (χ2v) is 4.40. The summed E-state index contributed by atoms with van der Waals surface area (Å²) >= 11 is 0. The fourth-order valence-electron chi connectivity index (χ4n) is 1.89. The molecule has 1 aliphatic heterocycles. The average Bonchev–Trinajstić information content (AvgIpc) is 2.65. The summed E-state index contributed by atoms with van der Waals surface area (Å²) in [6.45, 7) is 4.81. The SMILES string of the molecule is CCC(N)CC(=O)N1CCC(NC(C)=O)C1. The molecule has 1 aliphatic rings. The van der Waals surface area contributed by atoms with Gasteiger partial charge in [-0.25, -0.2) is 0 Å². The van der Waals surface area contributed by atoms with Gasteiger partial charge >= 0.3 is 0 Å². The summed E-state index contributed by atoms with van der Waals surface area (Å²) in [5, 5.41) is 2.83. The zero-order valence-electron chi connectivity index (χ0n) is 10.0. The van der Waals surface area contributed by atoms with Crippen LogP contribution in [0.2, 0.25) is 0 Å². The number of amides is 2. The standard InChI is InChI=1S/C11H21N3O2/c1-3-9(12)6-11(16)14-5-4-10(7-14)13-8(2)15/h9-10H,3-7,12H2,1-2H3,(H,13,15). The first-order chi connectivity index (χ1) is 7.52. The second-order valence-electron chi connectivity index (χ2n) is 4.40. The lowest BCUT2D eigenvalue weighted by Crippen LogP contribution is -2.38. The Bertz CT molecular complexity index is 268. The molecule has 5 nitrogen and oxygen atoms in total. The van der Waals surface area contributed by atoms with Crippen molar-refractivity contribution in [2.45, 2.75) is 45.2 Å². The minimum atomic E-state index is -0.0488. The van der Waals surface area contributed by atoms with Crippen molar-refractivity contribution < 1.29 is 9.59 Å². The van der Waals surface area contributed by atoms with Crippen molar-refractivity contribution >= 4 is 11.8 Å². The van der Waals surface area contributed by atoms with Crippen LogP contribution in [0.1, 0.15) is 33.1 Å². The van der Waals surface area contributed by atoms with E-state index in [2.05, 4.69) is 5.32 Å². The van der Waals surface area contributed by atoms with E-state index in [0.29, 0.717) is 13.0 Å². The lowest BCUT2D eigenvalue weighted by Gasteiger charge is -2.18. The molecule has 0 bridgehead atoms. The fraction of sp³-hybridized carbons (Fsp3) is 0.818.